The van der Waals surface area contributed by atoms with Crippen molar-refractivity contribution in [3.05, 3.63) is 160 Å². The van der Waals surface area contributed by atoms with Crippen molar-refractivity contribution in [2.24, 2.45) is 0 Å². The van der Waals surface area contributed by atoms with Crippen LogP contribution in [-0.4, -0.2) is 59.8 Å². The van der Waals surface area contributed by atoms with Gasteiger partial charge in [-0.2, -0.15) is 0 Å². The highest BCUT2D eigenvalue weighted by Crippen LogP contribution is 2.41. The molecular weight excluding hydrogens is 772 g/mol. The Morgan fingerprint density at radius 3 is 2.12 bits per heavy atom. The zero-order valence-corrected chi connectivity index (χ0v) is 31.8. The number of amides is 2. The number of nitrogens with one attached hydrogen (secondary N) is 2. The van der Waals surface area contributed by atoms with Gasteiger partial charge in [-0.1, -0.05) is 78.9 Å². The van der Waals surface area contributed by atoms with Gasteiger partial charge in [-0.05, 0) is 64.9 Å². The first-order valence-corrected chi connectivity index (χ1v) is 19.4. The molecule has 1 spiro atoms. The molecule has 5 aromatic rings. The molecule has 8 rings (SSSR count). The Balaban J connectivity index is 0.984. The highest BCUT2D eigenvalue weighted by molar-refractivity contribution is 5.95. The molecule has 3 heterocycles. The molecule has 5 aromatic carbocycles. The van der Waals surface area contributed by atoms with E-state index in [9.17, 15) is 36.6 Å². The van der Waals surface area contributed by atoms with Crippen LogP contribution in [0.15, 0.2) is 103 Å². The first kappa shape index (κ1) is 40.1. The third-order valence-electron chi connectivity index (χ3n) is 11.5. The van der Waals surface area contributed by atoms with E-state index < -0.39 is 52.4 Å². The van der Waals surface area contributed by atoms with E-state index in [4.69, 9.17) is 9.47 Å². The van der Waals surface area contributed by atoms with Gasteiger partial charge in [0, 0.05) is 43.9 Å². The number of likely N-dealkylation sites (tertiary alicyclic amines) is 1. The number of rotatable bonds is 10. The maximum atomic E-state index is 14.3. The minimum Gasteiger partial charge on any atom is -0.392 e. The van der Waals surface area contributed by atoms with E-state index in [-0.39, 0.29) is 31.3 Å². The molecule has 306 valence electrons. The second-order valence-corrected chi connectivity index (χ2v) is 15.1. The van der Waals surface area contributed by atoms with Crippen LogP contribution < -0.4 is 15.5 Å². The molecule has 14 heteroatoms. The lowest BCUT2D eigenvalue weighted by Crippen LogP contribution is -2.57. The molecule has 3 aliphatic rings. The minimum atomic E-state index is -2.34. The van der Waals surface area contributed by atoms with Gasteiger partial charge in [-0.25, -0.2) is 22.0 Å². The first-order valence-electron chi connectivity index (χ1n) is 19.4. The Morgan fingerprint density at radius 2 is 1.42 bits per heavy atom. The fraction of sp³-hybridized carbons (Fsp3) is 0.289. The summed E-state index contributed by atoms with van der Waals surface area (Å²) in [7, 11) is 0. The molecule has 3 saturated heterocycles. The van der Waals surface area contributed by atoms with Crippen LogP contribution in [0.3, 0.4) is 0 Å². The van der Waals surface area contributed by atoms with Crippen LogP contribution in [-0.2, 0) is 27.4 Å². The Bertz CT molecular complexity index is 2310. The van der Waals surface area contributed by atoms with Crippen LogP contribution in [0, 0.1) is 29.1 Å². The van der Waals surface area contributed by atoms with Gasteiger partial charge in [0.05, 0.1) is 25.5 Å². The van der Waals surface area contributed by atoms with Crippen molar-refractivity contribution in [2.45, 2.75) is 56.5 Å². The fourth-order valence-electron chi connectivity index (χ4n) is 8.26. The Labute approximate surface area is 337 Å². The molecule has 0 radical (unpaired) electrons. The number of benzene rings is 5. The van der Waals surface area contributed by atoms with Crippen LogP contribution in [0.1, 0.15) is 64.3 Å². The monoisotopic (exact) mass is 812 g/mol. The number of nitrogens with zero attached hydrogens (tertiary/aromatic N) is 2. The number of carbonyl (C=O) groups excluding carboxylic acids is 2. The molecular formula is C45H41F5N4O5. The molecule has 3 aliphatic heterocycles. The second-order valence-electron chi connectivity index (χ2n) is 15.1. The average molecular weight is 813 g/mol. The van der Waals surface area contributed by atoms with Crippen LogP contribution in [0.4, 0.5) is 27.6 Å². The number of para-hydroxylation sites is 1. The molecule has 3 fully saturated rings. The highest BCUT2D eigenvalue weighted by atomic mass is 19.2. The molecule has 3 atom stereocenters. The van der Waals surface area contributed by atoms with Crippen molar-refractivity contribution in [2.75, 3.05) is 31.2 Å². The second kappa shape index (κ2) is 16.9. The summed E-state index contributed by atoms with van der Waals surface area (Å²) >= 11 is 0. The van der Waals surface area contributed by atoms with Gasteiger partial charge in [-0.3, -0.25) is 9.59 Å². The number of aliphatic hydroxyl groups excluding tert-OH is 1. The number of ether oxygens (including phenoxy) is 2. The Hall–Kier alpha value is -5.67. The number of hydrogen-bond acceptors (Lipinski definition) is 7. The van der Waals surface area contributed by atoms with E-state index >= 15 is 0 Å². The Morgan fingerprint density at radius 1 is 0.763 bits per heavy atom. The van der Waals surface area contributed by atoms with E-state index in [1.807, 2.05) is 84.9 Å². The number of halogens is 5. The zero-order chi connectivity index (χ0) is 41.3. The lowest BCUT2D eigenvalue weighted by atomic mass is 9.85. The smallest absolute Gasteiger partial charge is 0.257 e. The van der Waals surface area contributed by atoms with Crippen LogP contribution >= 0.6 is 0 Å². The molecule has 2 amide bonds. The molecule has 3 N–H and O–H groups in total. The quantitative estimate of drug-likeness (QED) is 0.0766. The van der Waals surface area contributed by atoms with E-state index in [0.29, 0.717) is 51.1 Å². The van der Waals surface area contributed by atoms with Gasteiger partial charge in [0.1, 0.15) is 11.1 Å². The SMILES string of the molecule is O=C(NCc1cccc(-c2cccc([C@@H]3O[C@H](CN4CCC5(CC4)C(=O)NCN5c4ccccc4)C[C@H](c4ccc(CO)cc4)O3)c2)c1)c1c(F)c(F)c(F)c(F)c1F. The van der Waals surface area contributed by atoms with E-state index in [2.05, 4.69) is 20.4 Å². The number of aliphatic hydroxyl groups is 1. The average Bonchev–Trinajstić information content (AvgIpc) is 3.59. The highest BCUT2D eigenvalue weighted by Gasteiger charge is 2.50. The molecule has 9 nitrogen and oxygen atoms in total. The maximum Gasteiger partial charge on any atom is 0.257 e. The third-order valence-corrected chi connectivity index (χ3v) is 11.5. The Kier molecular flexibility index (Phi) is 11.5. The summed E-state index contributed by atoms with van der Waals surface area (Å²) in [6, 6.07) is 32.1. The molecule has 0 unspecified atom stereocenters. The lowest BCUT2D eigenvalue weighted by Gasteiger charge is -2.45. The van der Waals surface area contributed by atoms with Crippen molar-refractivity contribution in [1.29, 1.82) is 0 Å². The van der Waals surface area contributed by atoms with Gasteiger partial charge in [0.25, 0.3) is 5.91 Å². The standard InChI is InChI=1S/C45H41F5N4O5/c46-37-36(38(47)40(49)41(50)39(37)48)42(56)51-23-28-6-4-7-30(20-28)31-8-5-9-32(21-31)43-58-34(22-35(59-43)29-14-12-27(25-55)13-15-29)24-53-18-16-45(17-19-53)44(57)52-26-54(45)33-10-2-1-3-11-33/h1-15,20-21,34-35,43,55H,16-19,22-26H2,(H,51,56)(H,52,57)/t34-,35+,43+/m0/s1. The molecule has 0 aliphatic carbocycles. The van der Waals surface area contributed by atoms with Gasteiger partial charge in [-0.15, -0.1) is 0 Å². The maximum absolute atomic E-state index is 14.3. The fourth-order valence-corrected chi connectivity index (χ4v) is 8.26. The molecule has 0 aromatic heterocycles. The predicted molar refractivity (Wildman–Crippen MR) is 208 cm³/mol. The normalized spacial score (nSPS) is 20.5. The number of anilines is 1. The van der Waals surface area contributed by atoms with Crippen LogP contribution in [0.25, 0.3) is 11.1 Å². The van der Waals surface area contributed by atoms with Gasteiger partial charge in [0.2, 0.25) is 11.7 Å². The summed E-state index contributed by atoms with van der Waals surface area (Å²) in [4.78, 5) is 30.4. The molecule has 59 heavy (non-hydrogen) atoms. The number of piperidine rings is 1. The first-order chi connectivity index (χ1) is 28.5. The minimum absolute atomic E-state index is 0.0501. The van der Waals surface area contributed by atoms with Crippen molar-refractivity contribution in [1.82, 2.24) is 15.5 Å². The summed E-state index contributed by atoms with van der Waals surface area (Å²) in [5.74, 6) is -12.6. The summed E-state index contributed by atoms with van der Waals surface area (Å²) in [5, 5.41) is 15.0. The summed E-state index contributed by atoms with van der Waals surface area (Å²) in [5.41, 5.74) is 3.30. The van der Waals surface area contributed by atoms with Gasteiger partial charge in [0.15, 0.2) is 29.6 Å². The van der Waals surface area contributed by atoms with Crippen molar-refractivity contribution in [3.63, 3.8) is 0 Å². The molecule has 0 bridgehead atoms. The summed E-state index contributed by atoms with van der Waals surface area (Å²) in [6.45, 7) is 2.15. The summed E-state index contributed by atoms with van der Waals surface area (Å²) in [6.07, 6.45) is 0.575. The van der Waals surface area contributed by atoms with Crippen LogP contribution in [0.2, 0.25) is 0 Å². The zero-order valence-electron chi connectivity index (χ0n) is 31.8. The predicted octanol–water partition coefficient (Wildman–Crippen LogP) is 7.45. The van der Waals surface area contributed by atoms with Crippen molar-refractivity contribution >= 4 is 17.5 Å². The summed E-state index contributed by atoms with van der Waals surface area (Å²) < 4.78 is 82.8. The van der Waals surface area contributed by atoms with E-state index in [1.54, 1.807) is 18.2 Å². The van der Waals surface area contributed by atoms with E-state index in [1.165, 1.54) is 0 Å². The third kappa shape index (κ3) is 8.05. The van der Waals surface area contributed by atoms with E-state index in [0.717, 1.165) is 33.5 Å². The van der Waals surface area contributed by atoms with Crippen molar-refractivity contribution < 1.29 is 46.1 Å². The number of carbonyl (C=O) groups is 2. The van der Waals surface area contributed by atoms with Crippen LogP contribution in [0.5, 0.6) is 0 Å². The van der Waals surface area contributed by atoms with Gasteiger partial charge >= 0.3 is 0 Å². The van der Waals surface area contributed by atoms with Gasteiger partial charge < -0.3 is 35.0 Å². The van der Waals surface area contributed by atoms with Crippen molar-refractivity contribution in [3.8, 4) is 11.1 Å². The number of hydrogen-bond donors (Lipinski definition) is 3. The lowest BCUT2D eigenvalue weighted by molar-refractivity contribution is -0.253. The molecule has 0 saturated carbocycles. The largest absolute Gasteiger partial charge is 0.392 e. The topological polar surface area (TPSA) is 103 Å².